The summed E-state index contributed by atoms with van der Waals surface area (Å²) < 4.78 is 12.0. The second-order valence-corrected chi connectivity index (χ2v) is 4.65. The Kier molecular flexibility index (Phi) is 3.83. The summed E-state index contributed by atoms with van der Waals surface area (Å²) in [5, 5.41) is 3.46. The van der Waals surface area contributed by atoms with Crippen molar-refractivity contribution in [3.05, 3.63) is 22.6 Å². The van der Waals surface area contributed by atoms with Gasteiger partial charge in [0.1, 0.15) is 5.76 Å². The predicted octanol–water partition coefficient (Wildman–Crippen LogP) is 2.73. The van der Waals surface area contributed by atoms with E-state index in [1.807, 2.05) is 6.07 Å². The molecule has 1 fully saturated rings. The van der Waals surface area contributed by atoms with Gasteiger partial charge in [-0.15, -0.1) is 0 Å². The second kappa shape index (κ2) is 5.14. The molecule has 1 aromatic rings. The zero-order valence-electron chi connectivity index (χ0n) is 8.83. The lowest BCUT2D eigenvalue weighted by Gasteiger charge is -2.21. The molecule has 0 aliphatic carbocycles. The molecule has 0 radical (unpaired) electrons. The molecule has 1 aliphatic rings. The standard InChI is InChI=1S/C11H16BrNO2/c1-2-13-10(8-3-5-14-7-8)11-9(12)4-6-15-11/h4,6,8,10,13H,2-3,5,7H2,1H3. The third kappa shape index (κ3) is 2.44. The fraction of sp³-hybridized carbons (Fsp3) is 0.636. The van der Waals surface area contributed by atoms with Crippen LogP contribution in [0.2, 0.25) is 0 Å². The Labute approximate surface area is 98.3 Å². The first-order chi connectivity index (χ1) is 7.33. The topological polar surface area (TPSA) is 34.4 Å². The van der Waals surface area contributed by atoms with Gasteiger partial charge in [-0.2, -0.15) is 0 Å². The number of rotatable bonds is 4. The largest absolute Gasteiger partial charge is 0.466 e. The van der Waals surface area contributed by atoms with E-state index in [9.17, 15) is 0 Å². The lowest BCUT2D eigenvalue weighted by molar-refractivity contribution is 0.173. The van der Waals surface area contributed by atoms with Crippen molar-refractivity contribution >= 4 is 15.9 Å². The van der Waals surface area contributed by atoms with Gasteiger partial charge in [0, 0.05) is 12.5 Å². The molecule has 2 unspecified atom stereocenters. The zero-order valence-corrected chi connectivity index (χ0v) is 10.4. The van der Waals surface area contributed by atoms with Crippen molar-refractivity contribution in [1.82, 2.24) is 5.32 Å². The molecule has 2 heterocycles. The molecule has 1 saturated heterocycles. The molecule has 4 heteroatoms. The highest BCUT2D eigenvalue weighted by molar-refractivity contribution is 9.10. The average Bonchev–Trinajstić information content (AvgIpc) is 2.85. The summed E-state index contributed by atoms with van der Waals surface area (Å²) in [4.78, 5) is 0. The minimum Gasteiger partial charge on any atom is -0.466 e. The second-order valence-electron chi connectivity index (χ2n) is 3.79. The lowest BCUT2D eigenvalue weighted by Crippen LogP contribution is -2.28. The van der Waals surface area contributed by atoms with Crippen LogP contribution < -0.4 is 5.32 Å². The number of nitrogens with one attached hydrogen (secondary N) is 1. The summed E-state index contributed by atoms with van der Waals surface area (Å²) in [5.41, 5.74) is 0. The van der Waals surface area contributed by atoms with Crippen LogP contribution in [0.5, 0.6) is 0 Å². The van der Waals surface area contributed by atoms with Crippen LogP contribution in [0, 0.1) is 5.92 Å². The van der Waals surface area contributed by atoms with Crippen LogP contribution in [0.15, 0.2) is 21.2 Å². The molecule has 2 atom stereocenters. The number of ether oxygens (including phenoxy) is 1. The highest BCUT2D eigenvalue weighted by Gasteiger charge is 2.29. The predicted molar refractivity (Wildman–Crippen MR) is 61.8 cm³/mol. The van der Waals surface area contributed by atoms with E-state index in [4.69, 9.17) is 9.15 Å². The van der Waals surface area contributed by atoms with Crippen molar-refractivity contribution in [2.75, 3.05) is 19.8 Å². The minimum atomic E-state index is 0.266. The Morgan fingerprint density at radius 2 is 2.53 bits per heavy atom. The number of hydrogen-bond acceptors (Lipinski definition) is 3. The van der Waals surface area contributed by atoms with E-state index < -0.39 is 0 Å². The first-order valence-electron chi connectivity index (χ1n) is 5.37. The minimum absolute atomic E-state index is 0.266. The normalized spacial score (nSPS) is 23.2. The fourth-order valence-electron chi connectivity index (χ4n) is 2.04. The van der Waals surface area contributed by atoms with Crippen molar-refractivity contribution < 1.29 is 9.15 Å². The molecule has 1 aromatic heterocycles. The Balaban J connectivity index is 2.15. The van der Waals surface area contributed by atoms with E-state index in [1.54, 1.807) is 6.26 Å². The molecule has 0 bridgehead atoms. The Morgan fingerprint density at radius 1 is 1.67 bits per heavy atom. The molecule has 0 amide bonds. The first kappa shape index (κ1) is 11.2. The van der Waals surface area contributed by atoms with Gasteiger partial charge in [-0.1, -0.05) is 6.92 Å². The zero-order chi connectivity index (χ0) is 10.7. The van der Waals surface area contributed by atoms with E-state index >= 15 is 0 Å². The maximum atomic E-state index is 5.53. The van der Waals surface area contributed by atoms with Gasteiger partial charge >= 0.3 is 0 Å². The Hall–Kier alpha value is -0.320. The van der Waals surface area contributed by atoms with Crippen LogP contribution >= 0.6 is 15.9 Å². The molecule has 2 rings (SSSR count). The molecule has 15 heavy (non-hydrogen) atoms. The van der Waals surface area contributed by atoms with Crippen LogP contribution in [0.4, 0.5) is 0 Å². The first-order valence-corrected chi connectivity index (χ1v) is 6.16. The van der Waals surface area contributed by atoms with Gasteiger partial charge in [0.2, 0.25) is 0 Å². The van der Waals surface area contributed by atoms with Crippen molar-refractivity contribution in [1.29, 1.82) is 0 Å². The quantitative estimate of drug-likeness (QED) is 0.916. The van der Waals surface area contributed by atoms with E-state index in [-0.39, 0.29) is 6.04 Å². The van der Waals surface area contributed by atoms with E-state index in [1.165, 1.54) is 0 Å². The monoisotopic (exact) mass is 273 g/mol. The number of furan rings is 1. The molecule has 1 N–H and O–H groups in total. The molecule has 0 saturated carbocycles. The van der Waals surface area contributed by atoms with Crippen molar-refractivity contribution in [2.24, 2.45) is 5.92 Å². The summed E-state index contributed by atoms with van der Waals surface area (Å²) in [6, 6.07) is 2.21. The smallest absolute Gasteiger partial charge is 0.135 e. The van der Waals surface area contributed by atoms with Gasteiger partial charge in [-0.3, -0.25) is 0 Å². The van der Waals surface area contributed by atoms with Crippen molar-refractivity contribution in [3.8, 4) is 0 Å². The van der Waals surface area contributed by atoms with E-state index in [0.717, 1.165) is 36.4 Å². The van der Waals surface area contributed by atoms with Crippen LogP contribution in [0.3, 0.4) is 0 Å². The molecular formula is C11H16BrNO2. The maximum Gasteiger partial charge on any atom is 0.135 e. The van der Waals surface area contributed by atoms with E-state index in [2.05, 4.69) is 28.2 Å². The average molecular weight is 274 g/mol. The highest BCUT2D eigenvalue weighted by atomic mass is 79.9. The van der Waals surface area contributed by atoms with Crippen molar-refractivity contribution in [2.45, 2.75) is 19.4 Å². The van der Waals surface area contributed by atoms with E-state index in [0.29, 0.717) is 5.92 Å². The third-order valence-corrected chi connectivity index (χ3v) is 3.44. The Bertz CT molecular complexity index is 307. The highest BCUT2D eigenvalue weighted by Crippen LogP contribution is 2.33. The fourth-order valence-corrected chi connectivity index (χ4v) is 2.48. The van der Waals surface area contributed by atoms with Gasteiger partial charge in [0.15, 0.2) is 0 Å². The maximum absolute atomic E-state index is 5.53. The van der Waals surface area contributed by atoms with Crippen LogP contribution in [-0.2, 0) is 4.74 Å². The van der Waals surface area contributed by atoms with Crippen LogP contribution in [0.25, 0.3) is 0 Å². The Morgan fingerprint density at radius 3 is 3.07 bits per heavy atom. The van der Waals surface area contributed by atoms with Gasteiger partial charge in [0.05, 0.1) is 23.4 Å². The van der Waals surface area contributed by atoms with Gasteiger partial charge in [0.25, 0.3) is 0 Å². The lowest BCUT2D eigenvalue weighted by atomic mass is 9.97. The summed E-state index contributed by atoms with van der Waals surface area (Å²) in [7, 11) is 0. The summed E-state index contributed by atoms with van der Waals surface area (Å²) in [5.74, 6) is 1.51. The van der Waals surface area contributed by atoms with Gasteiger partial charge < -0.3 is 14.5 Å². The molecule has 84 valence electrons. The van der Waals surface area contributed by atoms with Crippen LogP contribution in [0.1, 0.15) is 25.1 Å². The number of hydrogen-bond donors (Lipinski definition) is 1. The van der Waals surface area contributed by atoms with Crippen LogP contribution in [-0.4, -0.2) is 19.8 Å². The SMILES string of the molecule is CCNC(c1occc1Br)C1CCOC1. The number of halogens is 1. The third-order valence-electron chi connectivity index (χ3n) is 2.79. The molecular weight excluding hydrogens is 258 g/mol. The molecule has 0 spiro atoms. The van der Waals surface area contributed by atoms with Gasteiger partial charge in [-0.25, -0.2) is 0 Å². The molecule has 0 aromatic carbocycles. The summed E-state index contributed by atoms with van der Waals surface area (Å²) >= 11 is 3.51. The van der Waals surface area contributed by atoms with Crippen molar-refractivity contribution in [3.63, 3.8) is 0 Å². The molecule has 3 nitrogen and oxygen atoms in total. The molecule has 1 aliphatic heterocycles. The van der Waals surface area contributed by atoms with Gasteiger partial charge in [-0.05, 0) is 35.0 Å². The summed E-state index contributed by atoms with van der Waals surface area (Å²) in [6.45, 7) is 4.74. The summed E-state index contributed by atoms with van der Waals surface area (Å²) in [6.07, 6.45) is 2.82.